The molecule has 3 rings (SSSR count). The average molecular weight is 486 g/mol. The van der Waals surface area contributed by atoms with Gasteiger partial charge in [0.05, 0.1) is 6.61 Å². The summed E-state index contributed by atoms with van der Waals surface area (Å²) < 4.78 is 5.77. The van der Waals surface area contributed by atoms with Gasteiger partial charge in [0.25, 0.3) is 5.91 Å². The van der Waals surface area contributed by atoms with Crippen LogP contribution in [0.5, 0.6) is 5.75 Å². The molecule has 11 nitrogen and oxygen atoms in total. The lowest BCUT2D eigenvalue weighted by Gasteiger charge is -2.08. The van der Waals surface area contributed by atoms with Crippen molar-refractivity contribution in [3.05, 3.63) is 58.9 Å². The molecule has 0 aliphatic carbocycles. The standard InChI is InChI=1S/C22H28ClN9O2/c23-18-20(25)31-19(24)17(30-18)21(33)32-22(26)29-10-2-1-4-14-6-8-15(9-7-14)34-13-3-5-16-27-11-12-28-16/h6-9,11-12H,1-5,10,13H2,(H,27,28)(H4,24,25,31)(H3,26,29,32,33). The summed E-state index contributed by atoms with van der Waals surface area (Å²) in [7, 11) is 0. The van der Waals surface area contributed by atoms with Crippen LogP contribution in [-0.4, -0.2) is 45.0 Å². The number of hydrogen-bond donors (Lipinski definition) is 5. The fourth-order valence-electron chi connectivity index (χ4n) is 3.08. The minimum Gasteiger partial charge on any atom is -0.494 e. The largest absolute Gasteiger partial charge is 0.494 e. The molecule has 0 spiro atoms. The number of hydrogen-bond acceptors (Lipinski definition) is 8. The van der Waals surface area contributed by atoms with Crippen LogP contribution in [0.3, 0.4) is 0 Å². The van der Waals surface area contributed by atoms with E-state index in [2.05, 4.69) is 42.4 Å². The number of guanidine groups is 1. The highest BCUT2D eigenvalue weighted by atomic mass is 35.5. The number of anilines is 2. The lowest BCUT2D eigenvalue weighted by atomic mass is 10.1. The zero-order valence-electron chi connectivity index (χ0n) is 18.6. The normalized spacial score (nSPS) is 11.4. The number of benzene rings is 1. The minimum atomic E-state index is -0.656. The second-order valence-corrected chi connectivity index (χ2v) is 7.80. The summed E-state index contributed by atoms with van der Waals surface area (Å²) in [6, 6.07) is 8.07. The number of aromatic amines is 1. The number of halogens is 1. The van der Waals surface area contributed by atoms with Gasteiger partial charge in [0.2, 0.25) is 0 Å². The number of amides is 1. The van der Waals surface area contributed by atoms with Gasteiger partial charge in [-0.2, -0.15) is 0 Å². The van der Waals surface area contributed by atoms with Crippen molar-refractivity contribution in [2.24, 2.45) is 10.7 Å². The third kappa shape index (κ3) is 7.62. The van der Waals surface area contributed by atoms with E-state index >= 15 is 0 Å². The van der Waals surface area contributed by atoms with Crippen LogP contribution in [0, 0.1) is 0 Å². The molecule has 0 bridgehead atoms. The van der Waals surface area contributed by atoms with Crippen molar-refractivity contribution in [2.45, 2.75) is 32.1 Å². The Kier molecular flexibility index (Phi) is 9.04. The molecular weight excluding hydrogens is 458 g/mol. The molecule has 8 N–H and O–H groups in total. The molecular formula is C22H28ClN9O2. The maximum absolute atomic E-state index is 12.2. The molecule has 0 unspecified atom stereocenters. The number of rotatable bonds is 11. The number of imidazole rings is 1. The number of aryl methyl sites for hydroxylation is 2. The van der Waals surface area contributed by atoms with E-state index in [9.17, 15) is 4.79 Å². The van der Waals surface area contributed by atoms with Crippen LogP contribution in [0.4, 0.5) is 11.6 Å². The fourth-order valence-corrected chi connectivity index (χ4v) is 3.21. The molecule has 2 aromatic heterocycles. The second-order valence-electron chi connectivity index (χ2n) is 7.44. The van der Waals surface area contributed by atoms with Gasteiger partial charge in [0, 0.05) is 25.4 Å². The van der Waals surface area contributed by atoms with Gasteiger partial charge in [-0.05, 0) is 43.4 Å². The highest BCUT2D eigenvalue weighted by Crippen LogP contribution is 2.17. The minimum absolute atomic E-state index is 0.0345. The molecule has 180 valence electrons. The summed E-state index contributed by atoms with van der Waals surface area (Å²) in [6.45, 7) is 1.10. The lowest BCUT2D eigenvalue weighted by Crippen LogP contribution is -2.38. The predicted octanol–water partition coefficient (Wildman–Crippen LogP) is 2.10. The van der Waals surface area contributed by atoms with E-state index in [-0.39, 0.29) is 28.4 Å². The van der Waals surface area contributed by atoms with E-state index in [4.69, 9.17) is 33.5 Å². The van der Waals surface area contributed by atoms with Crippen LogP contribution in [0.1, 0.15) is 41.1 Å². The van der Waals surface area contributed by atoms with Crippen molar-refractivity contribution in [3.8, 4) is 5.75 Å². The average Bonchev–Trinajstić information content (AvgIpc) is 3.33. The Morgan fingerprint density at radius 2 is 1.88 bits per heavy atom. The highest BCUT2D eigenvalue weighted by molar-refractivity contribution is 6.31. The molecule has 0 saturated heterocycles. The van der Waals surface area contributed by atoms with Gasteiger partial charge >= 0.3 is 0 Å². The number of carbonyl (C=O) groups excluding carboxylic acids is 1. The molecule has 34 heavy (non-hydrogen) atoms. The van der Waals surface area contributed by atoms with Gasteiger partial charge in [-0.3, -0.25) is 15.1 Å². The van der Waals surface area contributed by atoms with E-state index in [0.29, 0.717) is 13.2 Å². The summed E-state index contributed by atoms with van der Waals surface area (Å²) in [5.74, 6) is 0.935. The number of nitrogens with zero attached hydrogens (tertiary/aromatic N) is 4. The van der Waals surface area contributed by atoms with Gasteiger partial charge in [-0.15, -0.1) is 0 Å². The Hall–Kier alpha value is -3.86. The molecule has 3 aromatic rings. The number of carbonyl (C=O) groups is 1. The molecule has 0 aliphatic heterocycles. The van der Waals surface area contributed by atoms with E-state index in [1.165, 1.54) is 5.56 Å². The molecule has 0 radical (unpaired) electrons. The number of nitrogens with two attached hydrogens (primary N) is 3. The third-order valence-corrected chi connectivity index (χ3v) is 5.10. The van der Waals surface area contributed by atoms with Gasteiger partial charge in [0.15, 0.2) is 28.4 Å². The van der Waals surface area contributed by atoms with Crippen LogP contribution in [0.25, 0.3) is 0 Å². The van der Waals surface area contributed by atoms with Crippen molar-refractivity contribution >= 4 is 35.1 Å². The molecule has 1 aromatic carbocycles. The Bertz CT molecular complexity index is 1100. The van der Waals surface area contributed by atoms with Crippen LogP contribution in [0.2, 0.25) is 5.15 Å². The number of unbranched alkanes of at least 4 members (excludes halogenated alkanes) is 1. The predicted molar refractivity (Wildman–Crippen MR) is 132 cm³/mol. The van der Waals surface area contributed by atoms with Crippen LogP contribution in [-0.2, 0) is 12.8 Å². The van der Waals surface area contributed by atoms with Crippen LogP contribution < -0.4 is 27.3 Å². The monoisotopic (exact) mass is 485 g/mol. The summed E-state index contributed by atoms with van der Waals surface area (Å²) in [6.07, 6.45) is 7.95. The summed E-state index contributed by atoms with van der Waals surface area (Å²) in [5, 5.41) is 2.30. The van der Waals surface area contributed by atoms with Gasteiger partial charge < -0.3 is 26.9 Å². The maximum Gasteiger partial charge on any atom is 0.280 e. The SMILES string of the molecule is NC(=NCCCCc1ccc(OCCCc2ncc[nH]2)cc1)NC(=O)c1nc(Cl)c(N)nc1N. The van der Waals surface area contributed by atoms with Gasteiger partial charge in [-0.25, -0.2) is 15.0 Å². The fraction of sp³-hybridized carbons (Fsp3) is 0.318. The molecule has 0 aliphatic rings. The molecule has 0 saturated carbocycles. The zero-order valence-corrected chi connectivity index (χ0v) is 19.4. The van der Waals surface area contributed by atoms with E-state index in [0.717, 1.165) is 43.7 Å². The maximum atomic E-state index is 12.2. The third-order valence-electron chi connectivity index (χ3n) is 4.82. The summed E-state index contributed by atoms with van der Waals surface area (Å²) in [5.41, 5.74) is 18.0. The van der Waals surface area contributed by atoms with Crippen LogP contribution >= 0.6 is 11.6 Å². The molecule has 2 heterocycles. The topological polar surface area (TPSA) is 183 Å². The Morgan fingerprint density at radius 3 is 2.62 bits per heavy atom. The number of H-pyrrole nitrogens is 1. The Morgan fingerprint density at radius 1 is 1.09 bits per heavy atom. The first-order chi connectivity index (χ1) is 16.4. The molecule has 0 atom stereocenters. The quantitative estimate of drug-likeness (QED) is 0.155. The Labute approximate surface area is 202 Å². The molecule has 12 heteroatoms. The summed E-state index contributed by atoms with van der Waals surface area (Å²) in [4.78, 5) is 31.2. The smallest absolute Gasteiger partial charge is 0.280 e. The van der Waals surface area contributed by atoms with E-state index in [1.54, 1.807) is 6.20 Å². The highest BCUT2D eigenvalue weighted by Gasteiger charge is 2.16. The second kappa shape index (κ2) is 12.4. The van der Waals surface area contributed by atoms with Crippen molar-refractivity contribution in [1.29, 1.82) is 0 Å². The van der Waals surface area contributed by atoms with Crippen molar-refractivity contribution in [1.82, 2.24) is 25.3 Å². The first-order valence-corrected chi connectivity index (χ1v) is 11.2. The lowest BCUT2D eigenvalue weighted by molar-refractivity contribution is 0.0972. The number of ether oxygens (including phenoxy) is 1. The Balaban J connectivity index is 1.33. The summed E-state index contributed by atoms with van der Waals surface area (Å²) >= 11 is 5.78. The first kappa shape index (κ1) is 24.8. The van der Waals surface area contributed by atoms with Gasteiger partial charge in [-0.1, -0.05) is 23.7 Å². The first-order valence-electron chi connectivity index (χ1n) is 10.8. The van der Waals surface area contributed by atoms with Crippen molar-refractivity contribution < 1.29 is 9.53 Å². The number of nitrogen functional groups attached to an aromatic ring is 2. The van der Waals surface area contributed by atoms with E-state index < -0.39 is 5.91 Å². The van der Waals surface area contributed by atoms with Gasteiger partial charge in [0.1, 0.15) is 11.6 Å². The number of nitrogens with one attached hydrogen (secondary N) is 2. The molecule has 1 amide bonds. The number of aromatic nitrogens is 4. The zero-order chi connectivity index (χ0) is 24.3. The van der Waals surface area contributed by atoms with Crippen molar-refractivity contribution in [2.75, 3.05) is 24.6 Å². The van der Waals surface area contributed by atoms with Crippen molar-refractivity contribution in [3.63, 3.8) is 0 Å². The number of aliphatic imine (C=N–C) groups is 1. The van der Waals surface area contributed by atoms with Crippen LogP contribution in [0.15, 0.2) is 41.7 Å². The van der Waals surface area contributed by atoms with E-state index in [1.807, 2.05) is 18.3 Å². The molecule has 0 fully saturated rings.